The highest BCUT2D eigenvalue weighted by molar-refractivity contribution is 7.92. The zero-order valence-electron chi connectivity index (χ0n) is 9.64. The molecule has 7 heteroatoms. The maximum atomic E-state index is 11.9. The minimum Gasteiger partial charge on any atom is -0.380 e. The summed E-state index contributed by atoms with van der Waals surface area (Å²) >= 11 is 0. The monoisotopic (exact) mass is 269 g/mol. The van der Waals surface area contributed by atoms with Gasteiger partial charge in [0.25, 0.3) is 0 Å². The Labute approximate surface area is 99.3 Å². The van der Waals surface area contributed by atoms with Gasteiger partial charge in [0.1, 0.15) is 9.84 Å². The van der Waals surface area contributed by atoms with Crippen LogP contribution >= 0.6 is 0 Å². The van der Waals surface area contributed by atoms with Gasteiger partial charge in [-0.2, -0.15) is 0 Å². The fourth-order valence-electron chi connectivity index (χ4n) is 1.69. The SMILES string of the molecule is CNC1CCOCC1S(=O)CCS(C)(=O)=O. The van der Waals surface area contributed by atoms with Crippen LogP contribution in [0.25, 0.3) is 0 Å². The van der Waals surface area contributed by atoms with Gasteiger partial charge in [-0.3, -0.25) is 4.21 Å². The first-order chi connectivity index (χ1) is 7.44. The molecule has 1 aliphatic rings. The van der Waals surface area contributed by atoms with E-state index >= 15 is 0 Å². The molecule has 0 amide bonds. The third-order valence-electron chi connectivity index (χ3n) is 2.67. The van der Waals surface area contributed by atoms with Crippen molar-refractivity contribution in [1.82, 2.24) is 5.32 Å². The molecule has 0 bridgehead atoms. The Bertz CT molecular complexity index is 341. The van der Waals surface area contributed by atoms with Gasteiger partial charge in [-0.15, -0.1) is 0 Å². The van der Waals surface area contributed by atoms with Crippen molar-refractivity contribution >= 4 is 20.6 Å². The van der Waals surface area contributed by atoms with Crippen molar-refractivity contribution in [3.05, 3.63) is 0 Å². The maximum Gasteiger partial charge on any atom is 0.148 e. The quantitative estimate of drug-likeness (QED) is 0.704. The van der Waals surface area contributed by atoms with Crippen molar-refractivity contribution in [3.63, 3.8) is 0 Å². The van der Waals surface area contributed by atoms with Gasteiger partial charge >= 0.3 is 0 Å². The van der Waals surface area contributed by atoms with E-state index in [1.54, 1.807) is 0 Å². The summed E-state index contributed by atoms with van der Waals surface area (Å²) in [6.45, 7) is 1.12. The molecule has 0 saturated carbocycles. The van der Waals surface area contributed by atoms with Gasteiger partial charge in [-0.25, -0.2) is 8.42 Å². The van der Waals surface area contributed by atoms with Gasteiger partial charge in [-0.1, -0.05) is 0 Å². The van der Waals surface area contributed by atoms with Crippen LogP contribution in [0.2, 0.25) is 0 Å². The highest BCUT2D eigenvalue weighted by Gasteiger charge is 2.29. The Morgan fingerprint density at radius 1 is 1.50 bits per heavy atom. The predicted octanol–water partition coefficient (Wildman–Crippen LogP) is -0.843. The minimum absolute atomic E-state index is 0.0213. The van der Waals surface area contributed by atoms with E-state index in [9.17, 15) is 12.6 Å². The lowest BCUT2D eigenvalue weighted by atomic mass is 10.1. The van der Waals surface area contributed by atoms with Crippen molar-refractivity contribution in [2.24, 2.45) is 0 Å². The van der Waals surface area contributed by atoms with Gasteiger partial charge in [0.15, 0.2) is 0 Å². The number of ether oxygens (including phenoxy) is 1. The second kappa shape index (κ2) is 6.09. The van der Waals surface area contributed by atoms with Gasteiger partial charge in [0, 0.05) is 35.5 Å². The standard InChI is InChI=1S/C9H19NO4S2/c1-10-8-3-4-14-7-9(8)15(11)5-6-16(2,12)13/h8-10H,3-7H2,1-2H3. The Hall–Kier alpha value is 0.0200. The molecule has 0 aromatic heterocycles. The minimum atomic E-state index is -3.04. The maximum absolute atomic E-state index is 11.9. The van der Waals surface area contributed by atoms with E-state index < -0.39 is 20.6 Å². The van der Waals surface area contributed by atoms with E-state index in [0.717, 1.165) is 12.7 Å². The van der Waals surface area contributed by atoms with E-state index in [-0.39, 0.29) is 22.8 Å². The van der Waals surface area contributed by atoms with E-state index in [1.165, 1.54) is 0 Å². The summed E-state index contributed by atoms with van der Waals surface area (Å²) in [6.07, 6.45) is 1.99. The first kappa shape index (κ1) is 14.1. The van der Waals surface area contributed by atoms with E-state index in [1.807, 2.05) is 7.05 Å². The molecule has 1 fully saturated rings. The predicted molar refractivity (Wildman–Crippen MR) is 64.8 cm³/mol. The Balaban J connectivity index is 2.51. The molecule has 1 aliphatic heterocycles. The molecule has 1 rings (SSSR count). The fourth-order valence-corrected chi connectivity index (χ4v) is 4.74. The third kappa shape index (κ3) is 4.48. The van der Waals surface area contributed by atoms with Crippen molar-refractivity contribution in [2.45, 2.75) is 17.7 Å². The first-order valence-electron chi connectivity index (χ1n) is 5.24. The molecule has 3 unspecified atom stereocenters. The average Bonchev–Trinajstić information content (AvgIpc) is 2.25. The lowest BCUT2D eigenvalue weighted by Gasteiger charge is -2.30. The molecule has 0 aliphatic carbocycles. The second-order valence-corrected chi connectivity index (χ2v) is 8.05. The first-order valence-corrected chi connectivity index (χ1v) is 8.68. The van der Waals surface area contributed by atoms with Crippen LogP contribution in [-0.4, -0.2) is 61.9 Å². The molecule has 1 saturated heterocycles. The van der Waals surface area contributed by atoms with E-state index in [0.29, 0.717) is 13.2 Å². The molecule has 1 heterocycles. The Morgan fingerprint density at radius 3 is 2.75 bits per heavy atom. The molecule has 0 aromatic rings. The Morgan fingerprint density at radius 2 is 2.19 bits per heavy atom. The molecule has 3 atom stereocenters. The number of hydrogen-bond acceptors (Lipinski definition) is 5. The highest BCUT2D eigenvalue weighted by Crippen LogP contribution is 2.13. The van der Waals surface area contributed by atoms with Crippen molar-refractivity contribution in [2.75, 3.05) is 38.0 Å². The molecular formula is C9H19NO4S2. The summed E-state index contributed by atoms with van der Waals surface area (Å²) in [5, 5.41) is 3.01. The average molecular weight is 269 g/mol. The second-order valence-electron chi connectivity index (χ2n) is 4.01. The van der Waals surface area contributed by atoms with Crippen LogP contribution in [-0.2, 0) is 25.4 Å². The van der Waals surface area contributed by atoms with Gasteiger partial charge in [-0.05, 0) is 13.5 Å². The zero-order valence-corrected chi connectivity index (χ0v) is 11.3. The zero-order chi connectivity index (χ0) is 12.2. The largest absolute Gasteiger partial charge is 0.380 e. The molecule has 0 radical (unpaired) electrons. The van der Waals surface area contributed by atoms with Crippen molar-refractivity contribution in [1.29, 1.82) is 0 Å². The van der Waals surface area contributed by atoms with Crippen molar-refractivity contribution < 1.29 is 17.4 Å². The van der Waals surface area contributed by atoms with Crippen LogP contribution in [0.4, 0.5) is 0 Å². The summed E-state index contributed by atoms with van der Waals surface area (Å²) < 4.78 is 39.2. The Kier molecular flexibility index (Phi) is 5.36. The van der Waals surface area contributed by atoms with Crippen LogP contribution < -0.4 is 5.32 Å². The summed E-state index contributed by atoms with van der Waals surface area (Å²) in [7, 11) is -2.36. The van der Waals surface area contributed by atoms with Crippen molar-refractivity contribution in [3.8, 4) is 0 Å². The van der Waals surface area contributed by atoms with Crippen LogP contribution in [0.15, 0.2) is 0 Å². The lowest BCUT2D eigenvalue weighted by molar-refractivity contribution is 0.0838. The van der Waals surface area contributed by atoms with Gasteiger partial charge in [0.05, 0.1) is 17.6 Å². The topological polar surface area (TPSA) is 72.5 Å². The number of sulfone groups is 1. The molecular weight excluding hydrogens is 250 g/mol. The molecule has 1 N–H and O–H groups in total. The summed E-state index contributed by atoms with van der Waals surface area (Å²) in [5.41, 5.74) is 0. The molecule has 0 aromatic carbocycles. The number of rotatable bonds is 5. The smallest absolute Gasteiger partial charge is 0.148 e. The summed E-state index contributed by atoms with van der Waals surface area (Å²) in [5.74, 6) is 0.178. The van der Waals surface area contributed by atoms with E-state index in [2.05, 4.69) is 5.32 Å². The summed E-state index contributed by atoms with van der Waals surface area (Å²) in [4.78, 5) is 0. The van der Waals surface area contributed by atoms with Gasteiger partial charge < -0.3 is 10.1 Å². The normalized spacial score (nSPS) is 28.9. The number of hydrogen-bond donors (Lipinski definition) is 1. The molecule has 0 spiro atoms. The summed E-state index contributed by atoms with van der Waals surface area (Å²) in [6, 6.07) is 0.161. The fraction of sp³-hybridized carbons (Fsp3) is 1.00. The van der Waals surface area contributed by atoms with E-state index in [4.69, 9.17) is 4.74 Å². The van der Waals surface area contributed by atoms with Crippen LogP contribution in [0.5, 0.6) is 0 Å². The molecule has 5 nitrogen and oxygen atoms in total. The van der Waals surface area contributed by atoms with Crippen LogP contribution in [0, 0.1) is 0 Å². The molecule has 96 valence electrons. The highest BCUT2D eigenvalue weighted by atomic mass is 32.2. The van der Waals surface area contributed by atoms with Crippen LogP contribution in [0.1, 0.15) is 6.42 Å². The third-order valence-corrected chi connectivity index (χ3v) is 5.62. The van der Waals surface area contributed by atoms with Gasteiger partial charge in [0.2, 0.25) is 0 Å². The van der Waals surface area contributed by atoms with Crippen LogP contribution in [0.3, 0.4) is 0 Å². The lowest BCUT2D eigenvalue weighted by Crippen LogP contribution is -2.48. The molecule has 16 heavy (non-hydrogen) atoms. The number of nitrogens with one attached hydrogen (secondary N) is 1.